The Hall–Kier alpha value is 0.270. The van der Waals surface area contributed by atoms with E-state index in [1.54, 1.807) is 0 Å². The molecule has 0 saturated carbocycles. The van der Waals surface area contributed by atoms with Gasteiger partial charge in [0.1, 0.15) is 0 Å². The van der Waals surface area contributed by atoms with Crippen LogP contribution < -0.4 is 5.32 Å². The second-order valence-corrected chi connectivity index (χ2v) is 4.64. The van der Waals surface area contributed by atoms with Crippen LogP contribution in [-0.4, -0.2) is 49.1 Å². The van der Waals surface area contributed by atoms with E-state index in [1.165, 1.54) is 31.0 Å². The lowest BCUT2D eigenvalue weighted by atomic mass is 10.2. The summed E-state index contributed by atoms with van der Waals surface area (Å²) in [5, 5.41) is 3.55. The number of nitrogens with one attached hydrogen (secondary N) is 1. The maximum absolute atomic E-state index is 3.55. The third-order valence-corrected chi connectivity index (χ3v) is 3.46. The van der Waals surface area contributed by atoms with Crippen molar-refractivity contribution in [1.29, 1.82) is 0 Å². The van der Waals surface area contributed by atoms with E-state index in [0.29, 0.717) is 0 Å². The van der Waals surface area contributed by atoms with Crippen LogP contribution in [0.1, 0.15) is 13.3 Å². The molecule has 72 valence electrons. The maximum atomic E-state index is 3.55. The summed E-state index contributed by atoms with van der Waals surface area (Å²) in [6.07, 6.45) is 1.30. The summed E-state index contributed by atoms with van der Waals surface area (Å²) in [7, 11) is 2.21. The minimum Gasteiger partial charge on any atom is -0.311 e. The van der Waals surface area contributed by atoms with Gasteiger partial charge in [0.25, 0.3) is 0 Å². The number of hydrogen-bond acceptors (Lipinski definition) is 3. The lowest BCUT2D eigenvalue weighted by molar-refractivity contribution is 0.250. The van der Waals surface area contributed by atoms with Gasteiger partial charge in [0.05, 0.1) is 0 Å². The van der Waals surface area contributed by atoms with Crippen LogP contribution in [0.5, 0.6) is 0 Å². The van der Waals surface area contributed by atoms with E-state index in [-0.39, 0.29) is 0 Å². The van der Waals surface area contributed by atoms with Crippen molar-refractivity contribution in [2.75, 3.05) is 38.2 Å². The molecule has 1 aliphatic rings. The molecule has 0 aromatic heterocycles. The van der Waals surface area contributed by atoms with E-state index in [2.05, 4.69) is 35.9 Å². The average Bonchev–Trinajstić information content (AvgIpc) is 2.05. The van der Waals surface area contributed by atoms with E-state index in [1.807, 2.05) is 0 Å². The summed E-state index contributed by atoms with van der Waals surface area (Å²) < 4.78 is 0. The second-order valence-electron chi connectivity index (χ2n) is 3.49. The summed E-state index contributed by atoms with van der Waals surface area (Å²) in [5.41, 5.74) is 0. The molecular weight excluding hydrogens is 168 g/mol. The summed E-state index contributed by atoms with van der Waals surface area (Å²) in [5.74, 6) is 2.58. The third kappa shape index (κ3) is 3.78. The SMILES string of the molecule is CCCSCC1CN(C)CCN1. The predicted octanol–water partition coefficient (Wildman–Crippen LogP) is 1.03. The van der Waals surface area contributed by atoms with Gasteiger partial charge in [-0.25, -0.2) is 0 Å². The largest absolute Gasteiger partial charge is 0.311 e. The predicted molar refractivity (Wildman–Crippen MR) is 56.9 cm³/mol. The van der Waals surface area contributed by atoms with Crippen molar-refractivity contribution in [3.05, 3.63) is 0 Å². The Bertz CT molecular complexity index is 119. The fourth-order valence-electron chi connectivity index (χ4n) is 1.47. The molecule has 1 atom stereocenters. The molecular formula is C9H20N2S. The van der Waals surface area contributed by atoms with Crippen LogP contribution >= 0.6 is 11.8 Å². The zero-order valence-corrected chi connectivity index (χ0v) is 8.99. The normalized spacial score (nSPS) is 26.0. The summed E-state index contributed by atoms with van der Waals surface area (Å²) in [4.78, 5) is 2.41. The van der Waals surface area contributed by atoms with E-state index < -0.39 is 0 Å². The van der Waals surface area contributed by atoms with Gasteiger partial charge < -0.3 is 10.2 Å². The van der Waals surface area contributed by atoms with Gasteiger partial charge >= 0.3 is 0 Å². The van der Waals surface area contributed by atoms with Gasteiger partial charge in [0, 0.05) is 31.4 Å². The van der Waals surface area contributed by atoms with Gasteiger partial charge in [0.2, 0.25) is 0 Å². The van der Waals surface area contributed by atoms with Crippen LogP contribution in [0.25, 0.3) is 0 Å². The minimum atomic E-state index is 0.722. The molecule has 2 nitrogen and oxygen atoms in total. The standard InChI is InChI=1S/C9H20N2S/c1-3-6-12-8-9-7-11(2)5-4-10-9/h9-10H,3-8H2,1-2H3. The van der Waals surface area contributed by atoms with Gasteiger partial charge in [-0.3, -0.25) is 0 Å². The molecule has 0 aromatic rings. The molecule has 0 aliphatic carbocycles. The average molecular weight is 188 g/mol. The van der Waals surface area contributed by atoms with Crippen molar-refractivity contribution in [2.24, 2.45) is 0 Å². The molecule has 1 fully saturated rings. The molecule has 0 bridgehead atoms. The zero-order chi connectivity index (χ0) is 8.81. The molecule has 0 radical (unpaired) electrons. The summed E-state index contributed by atoms with van der Waals surface area (Å²) in [6, 6.07) is 0.722. The van der Waals surface area contributed by atoms with Crippen molar-refractivity contribution < 1.29 is 0 Å². The van der Waals surface area contributed by atoms with Crippen molar-refractivity contribution in [2.45, 2.75) is 19.4 Å². The van der Waals surface area contributed by atoms with Crippen LogP contribution in [0.15, 0.2) is 0 Å². The van der Waals surface area contributed by atoms with Crippen molar-refractivity contribution in [3.63, 3.8) is 0 Å². The number of thioether (sulfide) groups is 1. The Labute approximate surface area is 80.1 Å². The first kappa shape index (κ1) is 10.4. The molecule has 1 saturated heterocycles. The Balaban J connectivity index is 2.06. The van der Waals surface area contributed by atoms with Gasteiger partial charge in [-0.2, -0.15) is 11.8 Å². The fraction of sp³-hybridized carbons (Fsp3) is 1.00. The molecule has 0 aromatic carbocycles. The van der Waals surface area contributed by atoms with Crippen LogP contribution in [0.2, 0.25) is 0 Å². The van der Waals surface area contributed by atoms with E-state index >= 15 is 0 Å². The van der Waals surface area contributed by atoms with Crippen LogP contribution in [0.4, 0.5) is 0 Å². The molecule has 0 spiro atoms. The maximum Gasteiger partial charge on any atom is 0.0286 e. The van der Waals surface area contributed by atoms with Crippen LogP contribution in [-0.2, 0) is 0 Å². The highest BCUT2D eigenvalue weighted by Gasteiger charge is 2.15. The van der Waals surface area contributed by atoms with Gasteiger partial charge in [-0.15, -0.1) is 0 Å². The number of piperazine rings is 1. The minimum absolute atomic E-state index is 0.722. The van der Waals surface area contributed by atoms with Crippen molar-refractivity contribution in [1.82, 2.24) is 10.2 Å². The van der Waals surface area contributed by atoms with Crippen LogP contribution in [0.3, 0.4) is 0 Å². The zero-order valence-electron chi connectivity index (χ0n) is 8.18. The highest BCUT2D eigenvalue weighted by atomic mass is 32.2. The highest BCUT2D eigenvalue weighted by molar-refractivity contribution is 7.99. The van der Waals surface area contributed by atoms with Crippen molar-refractivity contribution in [3.8, 4) is 0 Å². The monoisotopic (exact) mass is 188 g/mol. The Morgan fingerprint density at radius 3 is 3.08 bits per heavy atom. The first-order valence-electron chi connectivity index (χ1n) is 4.82. The Morgan fingerprint density at radius 1 is 1.58 bits per heavy atom. The summed E-state index contributed by atoms with van der Waals surface area (Å²) in [6.45, 7) is 5.83. The quantitative estimate of drug-likeness (QED) is 0.664. The first-order chi connectivity index (χ1) is 5.83. The number of nitrogens with zero attached hydrogens (tertiary/aromatic N) is 1. The van der Waals surface area contributed by atoms with Crippen molar-refractivity contribution >= 4 is 11.8 Å². The fourth-order valence-corrected chi connectivity index (χ4v) is 2.44. The topological polar surface area (TPSA) is 15.3 Å². The Kier molecular flexibility index (Phi) is 5.04. The van der Waals surface area contributed by atoms with Crippen LogP contribution in [0, 0.1) is 0 Å². The molecule has 1 heterocycles. The van der Waals surface area contributed by atoms with Gasteiger partial charge in [0.15, 0.2) is 0 Å². The van der Waals surface area contributed by atoms with Gasteiger partial charge in [-0.05, 0) is 19.2 Å². The third-order valence-electron chi connectivity index (χ3n) is 2.13. The smallest absolute Gasteiger partial charge is 0.0286 e. The molecule has 3 heteroatoms. The molecule has 1 rings (SSSR count). The van der Waals surface area contributed by atoms with E-state index in [9.17, 15) is 0 Å². The number of hydrogen-bond donors (Lipinski definition) is 1. The first-order valence-corrected chi connectivity index (χ1v) is 5.98. The van der Waals surface area contributed by atoms with E-state index in [0.717, 1.165) is 12.6 Å². The summed E-state index contributed by atoms with van der Waals surface area (Å²) >= 11 is 2.07. The Morgan fingerprint density at radius 2 is 2.42 bits per heavy atom. The van der Waals surface area contributed by atoms with E-state index in [4.69, 9.17) is 0 Å². The molecule has 1 unspecified atom stereocenters. The highest BCUT2D eigenvalue weighted by Crippen LogP contribution is 2.07. The lowest BCUT2D eigenvalue weighted by Gasteiger charge is -2.30. The second kappa shape index (κ2) is 5.84. The lowest BCUT2D eigenvalue weighted by Crippen LogP contribution is -2.50. The number of likely N-dealkylation sites (N-methyl/N-ethyl adjacent to an activating group) is 1. The van der Waals surface area contributed by atoms with Gasteiger partial charge in [-0.1, -0.05) is 6.92 Å². The molecule has 12 heavy (non-hydrogen) atoms. The molecule has 1 aliphatic heterocycles. The molecule has 0 amide bonds. The number of rotatable bonds is 4. The molecule has 1 N–H and O–H groups in total.